The van der Waals surface area contributed by atoms with Gasteiger partial charge in [0.1, 0.15) is 0 Å². The lowest BCUT2D eigenvalue weighted by atomic mass is 9.75. The molecule has 0 aromatic heterocycles. The van der Waals surface area contributed by atoms with E-state index in [1.54, 1.807) is 24.3 Å². The lowest BCUT2D eigenvalue weighted by Gasteiger charge is -2.51. The molecule has 0 spiro atoms. The number of rotatable bonds is 6. The van der Waals surface area contributed by atoms with Crippen molar-refractivity contribution in [2.24, 2.45) is 11.8 Å². The van der Waals surface area contributed by atoms with Crippen LogP contribution >= 0.6 is 0 Å². The average Bonchev–Trinajstić information content (AvgIpc) is 2.89. The molecule has 7 nitrogen and oxygen atoms in total. The molecule has 6 rings (SSSR count). The van der Waals surface area contributed by atoms with Crippen LogP contribution in [0.5, 0.6) is 0 Å². The van der Waals surface area contributed by atoms with Crippen molar-refractivity contribution in [2.75, 3.05) is 62.6 Å². The van der Waals surface area contributed by atoms with Crippen LogP contribution in [0.4, 0.5) is 16.2 Å². The van der Waals surface area contributed by atoms with Gasteiger partial charge in [0.05, 0.1) is 11.6 Å². The van der Waals surface area contributed by atoms with Gasteiger partial charge in [-0.3, -0.25) is 9.80 Å². The second-order valence-electron chi connectivity index (χ2n) is 9.84. The van der Waals surface area contributed by atoms with E-state index in [9.17, 15) is 4.79 Å². The molecule has 4 aliphatic heterocycles. The van der Waals surface area contributed by atoms with Gasteiger partial charge in [-0.25, -0.2) is 4.79 Å². The fourth-order valence-corrected chi connectivity index (χ4v) is 5.88. The lowest BCUT2D eigenvalue weighted by molar-refractivity contribution is -0.0114. The number of anilines is 2. The number of nitriles is 1. The normalized spacial score (nSPS) is 26.6. The standard InChI is InChI=1S/C27H34N6O/c28-17-21-5-4-6-24(15-21)30-27(34)29-18-26-16-22-9-10-33(26)20-23(22)19-31-11-13-32(14-12-31)25-7-2-1-3-8-25/h1-8,15,22-23,26H,9-14,16,18-20H2,(H2,29,30,34)/t22-,23-,26+/m0/s1. The molecule has 4 atom stereocenters. The van der Waals surface area contributed by atoms with E-state index in [-0.39, 0.29) is 6.03 Å². The summed E-state index contributed by atoms with van der Waals surface area (Å²) in [5.74, 6) is 1.48. The number of piperazine rings is 1. The number of urea groups is 1. The number of piperidine rings is 3. The first-order valence-electron chi connectivity index (χ1n) is 12.5. The van der Waals surface area contributed by atoms with Gasteiger partial charge in [0, 0.05) is 63.2 Å². The SMILES string of the molecule is N#Cc1cccc(NC(=O)NC[C@H]2C[C@@H]3CCN2C[C@@H]3CN2CCN(c3ccccc3)CC2)c1. The lowest BCUT2D eigenvalue weighted by Crippen LogP contribution is -2.59. The van der Waals surface area contributed by atoms with Crippen molar-refractivity contribution in [3.63, 3.8) is 0 Å². The number of para-hydroxylation sites is 1. The highest BCUT2D eigenvalue weighted by Crippen LogP contribution is 2.36. The van der Waals surface area contributed by atoms with Gasteiger partial charge in [-0.1, -0.05) is 24.3 Å². The zero-order valence-corrected chi connectivity index (χ0v) is 19.7. The number of benzene rings is 2. The highest BCUT2D eigenvalue weighted by molar-refractivity contribution is 5.89. The molecule has 4 aliphatic rings. The molecule has 178 valence electrons. The largest absolute Gasteiger partial charge is 0.369 e. The van der Waals surface area contributed by atoms with Gasteiger partial charge >= 0.3 is 6.03 Å². The smallest absolute Gasteiger partial charge is 0.319 e. The molecule has 0 saturated carbocycles. The Kier molecular flexibility index (Phi) is 6.98. The minimum absolute atomic E-state index is 0.203. The Bertz CT molecular complexity index is 1010. The summed E-state index contributed by atoms with van der Waals surface area (Å²) in [6, 6.07) is 20.1. The summed E-state index contributed by atoms with van der Waals surface area (Å²) in [5, 5.41) is 14.9. The molecule has 2 aromatic carbocycles. The van der Waals surface area contributed by atoms with E-state index in [2.05, 4.69) is 61.7 Å². The predicted octanol–water partition coefficient (Wildman–Crippen LogP) is 3.21. The number of hydrogen-bond donors (Lipinski definition) is 2. The second kappa shape index (κ2) is 10.5. The van der Waals surface area contributed by atoms with E-state index in [1.807, 2.05) is 0 Å². The monoisotopic (exact) mass is 458 g/mol. The molecule has 4 heterocycles. The Morgan fingerprint density at radius 3 is 2.59 bits per heavy atom. The Balaban J connectivity index is 1.06. The molecule has 2 amide bonds. The van der Waals surface area contributed by atoms with E-state index in [0.717, 1.165) is 51.1 Å². The van der Waals surface area contributed by atoms with Crippen molar-refractivity contribution in [3.05, 3.63) is 60.2 Å². The number of amides is 2. The summed E-state index contributed by atoms with van der Waals surface area (Å²) < 4.78 is 0. The number of carbonyl (C=O) groups excluding carboxylic acids is 1. The number of nitrogens with one attached hydrogen (secondary N) is 2. The van der Waals surface area contributed by atoms with Crippen molar-refractivity contribution in [2.45, 2.75) is 18.9 Å². The highest BCUT2D eigenvalue weighted by atomic mass is 16.2. The number of nitrogens with zero attached hydrogens (tertiary/aromatic N) is 4. The molecule has 7 heteroatoms. The summed E-state index contributed by atoms with van der Waals surface area (Å²) >= 11 is 0. The van der Waals surface area contributed by atoms with Crippen LogP contribution in [0.15, 0.2) is 54.6 Å². The zero-order chi connectivity index (χ0) is 23.3. The molecule has 0 radical (unpaired) electrons. The van der Waals surface area contributed by atoms with Crippen molar-refractivity contribution in [3.8, 4) is 6.07 Å². The number of fused-ring (bicyclic) bond motifs is 3. The van der Waals surface area contributed by atoms with Crippen LogP contribution < -0.4 is 15.5 Å². The Morgan fingerprint density at radius 2 is 1.85 bits per heavy atom. The van der Waals surface area contributed by atoms with Crippen LogP contribution in [0.3, 0.4) is 0 Å². The molecule has 34 heavy (non-hydrogen) atoms. The van der Waals surface area contributed by atoms with Crippen LogP contribution in [0.25, 0.3) is 0 Å². The number of carbonyl (C=O) groups is 1. The maximum absolute atomic E-state index is 12.4. The maximum Gasteiger partial charge on any atom is 0.319 e. The first-order valence-corrected chi connectivity index (χ1v) is 12.5. The van der Waals surface area contributed by atoms with Gasteiger partial charge in [0.15, 0.2) is 0 Å². The van der Waals surface area contributed by atoms with Crippen molar-refractivity contribution >= 4 is 17.4 Å². The molecule has 1 unspecified atom stereocenters. The predicted molar refractivity (Wildman–Crippen MR) is 135 cm³/mol. The van der Waals surface area contributed by atoms with E-state index in [1.165, 1.54) is 25.1 Å². The fourth-order valence-electron chi connectivity index (χ4n) is 5.88. The third-order valence-electron chi connectivity index (χ3n) is 7.75. The maximum atomic E-state index is 12.4. The summed E-state index contributed by atoms with van der Waals surface area (Å²) in [7, 11) is 0. The Hall–Kier alpha value is -3.08. The molecule has 2 aromatic rings. The first-order chi connectivity index (χ1) is 16.7. The third-order valence-corrected chi connectivity index (χ3v) is 7.75. The summed E-state index contributed by atoms with van der Waals surface area (Å²) in [5.41, 5.74) is 2.53. The van der Waals surface area contributed by atoms with Crippen LogP contribution in [0.1, 0.15) is 18.4 Å². The van der Waals surface area contributed by atoms with Crippen LogP contribution in [-0.2, 0) is 0 Å². The van der Waals surface area contributed by atoms with E-state index in [0.29, 0.717) is 23.8 Å². The minimum Gasteiger partial charge on any atom is -0.369 e. The molecule has 4 saturated heterocycles. The quantitative estimate of drug-likeness (QED) is 0.695. The summed E-state index contributed by atoms with van der Waals surface area (Å²) in [6.07, 6.45) is 2.44. The van der Waals surface area contributed by atoms with Crippen LogP contribution in [-0.4, -0.2) is 74.2 Å². The highest BCUT2D eigenvalue weighted by Gasteiger charge is 2.40. The Labute approximate surface area is 202 Å². The minimum atomic E-state index is -0.203. The van der Waals surface area contributed by atoms with Gasteiger partial charge in [0.2, 0.25) is 0 Å². The van der Waals surface area contributed by atoms with Crippen LogP contribution in [0.2, 0.25) is 0 Å². The third kappa shape index (κ3) is 5.35. The zero-order valence-electron chi connectivity index (χ0n) is 19.7. The molecular weight excluding hydrogens is 424 g/mol. The molecule has 2 N–H and O–H groups in total. The van der Waals surface area contributed by atoms with Gasteiger partial charge in [0.25, 0.3) is 0 Å². The van der Waals surface area contributed by atoms with Gasteiger partial charge in [-0.2, -0.15) is 5.26 Å². The number of hydrogen-bond acceptors (Lipinski definition) is 5. The van der Waals surface area contributed by atoms with Gasteiger partial charge < -0.3 is 15.5 Å². The first kappa shape index (κ1) is 22.7. The molecule has 0 aliphatic carbocycles. The van der Waals surface area contributed by atoms with Crippen molar-refractivity contribution in [1.29, 1.82) is 5.26 Å². The molecule has 2 bridgehead atoms. The van der Waals surface area contributed by atoms with E-state index >= 15 is 0 Å². The topological polar surface area (TPSA) is 74.6 Å². The van der Waals surface area contributed by atoms with Crippen molar-refractivity contribution in [1.82, 2.24) is 15.1 Å². The average molecular weight is 459 g/mol. The van der Waals surface area contributed by atoms with E-state index in [4.69, 9.17) is 5.26 Å². The molecule has 4 fully saturated rings. The van der Waals surface area contributed by atoms with Gasteiger partial charge in [-0.15, -0.1) is 0 Å². The van der Waals surface area contributed by atoms with E-state index < -0.39 is 0 Å². The summed E-state index contributed by atoms with van der Waals surface area (Å²) in [6.45, 7) is 8.62. The molecular formula is C27H34N6O. The Morgan fingerprint density at radius 1 is 1.03 bits per heavy atom. The summed E-state index contributed by atoms with van der Waals surface area (Å²) in [4.78, 5) is 20.1. The van der Waals surface area contributed by atoms with Crippen molar-refractivity contribution < 1.29 is 4.79 Å². The second-order valence-corrected chi connectivity index (χ2v) is 9.84. The van der Waals surface area contributed by atoms with Gasteiger partial charge in [-0.05, 0) is 61.6 Å². The fraction of sp³-hybridized carbons (Fsp3) is 0.481. The van der Waals surface area contributed by atoms with Crippen LogP contribution in [0, 0.1) is 23.2 Å².